The maximum absolute atomic E-state index is 13.7. The zero-order valence-corrected chi connectivity index (χ0v) is 20.8. The number of carboxylic acid groups (broad SMARTS) is 1. The van der Waals surface area contributed by atoms with Gasteiger partial charge in [-0.25, -0.2) is 4.79 Å². The van der Waals surface area contributed by atoms with Gasteiger partial charge in [-0.1, -0.05) is 30.3 Å². The molecule has 13 heteroatoms. The van der Waals surface area contributed by atoms with E-state index < -0.39 is 77.8 Å². The molecule has 10 nitrogen and oxygen atoms in total. The smallest absolute Gasteiger partial charge is 0.480 e. The van der Waals surface area contributed by atoms with Crippen LogP contribution in [0.3, 0.4) is 0 Å². The third kappa shape index (κ3) is 5.04. The molecule has 1 aromatic carbocycles. The molecule has 1 heterocycles. The van der Waals surface area contributed by atoms with Gasteiger partial charge in [0, 0.05) is 18.4 Å². The summed E-state index contributed by atoms with van der Waals surface area (Å²) >= 11 is 0. The average Bonchev–Trinajstić information content (AvgIpc) is 3.33. The Bertz CT molecular complexity index is 1110. The maximum atomic E-state index is 13.7. The van der Waals surface area contributed by atoms with Crippen LogP contribution < -0.4 is 5.73 Å². The number of alkyl halides is 3. The number of Topliss-reactive ketones (excluding diaryl/α,β-unsaturated/α-hetero) is 2. The van der Waals surface area contributed by atoms with Crippen molar-refractivity contribution in [2.24, 2.45) is 5.73 Å². The Morgan fingerprint density at radius 3 is 2.32 bits per heavy atom. The molecule has 0 radical (unpaired) electrons. The van der Waals surface area contributed by atoms with Crippen LogP contribution in [0.5, 0.6) is 0 Å². The highest BCUT2D eigenvalue weighted by molar-refractivity contribution is 6.01. The number of halogens is 3. The van der Waals surface area contributed by atoms with Gasteiger partial charge in [-0.15, -0.1) is 0 Å². The number of ketones is 2. The number of nitrogens with two attached hydrogens (primary N) is 1. The Balaban J connectivity index is 2.23. The monoisotopic (exact) mass is 542 g/mol. The zero-order chi connectivity index (χ0) is 28.5. The predicted molar refractivity (Wildman–Crippen MR) is 124 cm³/mol. The summed E-state index contributed by atoms with van der Waals surface area (Å²) in [6.07, 6.45) is -7.28. The zero-order valence-electron chi connectivity index (χ0n) is 20.8. The van der Waals surface area contributed by atoms with E-state index >= 15 is 0 Å². The van der Waals surface area contributed by atoms with Crippen molar-refractivity contribution in [3.8, 4) is 0 Å². The number of fused-ring (bicyclic) bond motifs is 1. The first kappa shape index (κ1) is 29.2. The Morgan fingerprint density at radius 1 is 1.16 bits per heavy atom. The minimum Gasteiger partial charge on any atom is -0.480 e. The number of aliphatic carboxylic acids is 1. The van der Waals surface area contributed by atoms with Crippen LogP contribution in [-0.4, -0.2) is 81.5 Å². The van der Waals surface area contributed by atoms with Crippen LogP contribution in [0.1, 0.15) is 56.3 Å². The fraction of sp³-hybridized carbons (Fsp3) is 0.560. The number of esters is 2. The molecule has 2 aliphatic rings. The van der Waals surface area contributed by atoms with Crippen LogP contribution in [0, 0.1) is 0 Å². The molecule has 1 saturated heterocycles. The quantitative estimate of drug-likeness (QED) is 0.332. The Labute approximate surface area is 216 Å². The van der Waals surface area contributed by atoms with Crippen LogP contribution in [-0.2, 0) is 28.7 Å². The lowest BCUT2D eigenvalue weighted by molar-refractivity contribution is -0.219. The highest BCUT2D eigenvalue weighted by atomic mass is 19.4. The fourth-order valence-corrected chi connectivity index (χ4v) is 5.78. The van der Waals surface area contributed by atoms with Gasteiger partial charge in [0.2, 0.25) is 0 Å². The summed E-state index contributed by atoms with van der Waals surface area (Å²) in [5, 5.41) is 10.1. The van der Waals surface area contributed by atoms with Crippen LogP contribution >= 0.6 is 0 Å². The number of carboxylic acids is 1. The van der Waals surface area contributed by atoms with Crippen molar-refractivity contribution in [2.45, 2.75) is 81.4 Å². The maximum Gasteiger partial charge on any atom is 0.490 e. The molecule has 2 fully saturated rings. The van der Waals surface area contributed by atoms with Gasteiger partial charge in [0.1, 0.15) is 23.2 Å². The summed E-state index contributed by atoms with van der Waals surface area (Å²) in [4.78, 5) is 65.5. The summed E-state index contributed by atoms with van der Waals surface area (Å²) in [6.45, 7) is 2.57. The molecule has 0 spiro atoms. The van der Waals surface area contributed by atoms with Crippen molar-refractivity contribution in [3.63, 3.8) is 0 Å². The van der Waals surface area contributed by atoms with Gasteiger partial charge in [-0.3, -0.25) is 24.1 Å². The molecular formula is C25H29F3N2O8. The molecule has 0 bridgehead atoms. The Morgan fingerprint density at radius 2 is 1.79 bits per heavy atom. The second-order valence-corrected chi connectivity index (χ2v) is 9.47. The van der Waals surface area contributed by atoms with E-state index in [0.29, 0.717) is 0 Å². The van der Waals surface area contributed by atoms with Crippen molar-refractivity contribution in [2.75, 3.05) is 6.61 Å². The number of hydrogen-bond donors (Lipinski definition) is 2. The lowest BCUT2D eigenvalue weighted by Crippen LogP contribution is -2.69. The van der Waals surface area contributed by atoms with E-state index in [0.717, 1.165) is 4.90 Å². The molecule has 5 atom stereocenters. The minimum absolute atomic E-state index is 0.0641. The van der Waals surface area contributed by atoms with Gasteiger partial charge in [-0.05, 0) is 33.1 Å². The number of carbonyl (C=O) groups excluding carboxylic acids is 4. The average molecular weight is 543 g/mol. The first-order valence-electron chi connectivity index (χ1n) is 12.1. The summed E-state index contributed by atoms with van der Waals surface area (Å²) in [5.41, 5.74) is 1.59. The molecule has 1 aliphatic heterocycles. The highest BCUT2D eigenvalue weighted by Crippen LogP contribution is 2.57. The van der Waals surface area contributed by atoms with Crippen molar-refractivity contribution in [1.82, 2.24) is 4.90 Å². The van der Waals surface area contributed by atoms with Gasteiger partial charge in [0.15, 0.2) is 11.6 Å². The third-order valence-electron chi connectivity index (χ3n) is 7.17. The standard InChI is InChI=1S/C25H29F3N2O8/c1-3-37-21(35)16(12-18(31)15-8-5-4-6-9-15)30-17(20(33)34)13-23(38-22(36)25(26,27)28)10-7-11-24(23,30)19(32)14(2)29/h4-6,8-9,14,16-17H,3,7,10-13,29H2,1-2H3,(H,33,34)/t14?,16-,17+,23+,24+/m0/s1. The van der Waals surface area contributed by atoms with E-state index in [4.69, 9.17) is 15.2 Å². The molecule has 1 saturated carbocycles. The summed E-state index contributed by atoms with van der Waals surface area (Å²) in [7, 11) is 0. The topological polar surface area (TPSA) is 153 Å². The summed E-state index contributed by atoms with van der Waals surface area (Å²) in [6, 6.07) is 2.94. The molecule has 0 aromatic heterocycles. The number of hydrogen-bond acceptors (Lipinski definition) is 9. The van der Waals surface area contributed by atoms with Crippen LogP contribution in [0.2, 0.25) is 0 Å². The lowest BCUT2D eigenvalue weighted by atomic mass is 9.76. The van der Waals surface area contributed by atoms with Gasteiger partial charge >= 0.3 is 24.1 Å². The van der Waals surface area contributed by atoms with Crippen molar-refractivity contribution in [3.05, 3.63) is 35.9 Å². The van der Waals surface area contributed by atoms with Gasteiger partial charge in [-0.2, -0.15) is 13.2 Å². The minimum atomic E-state index is -5.43. The number of likely N-dealkylation sites (tertiary alicyclic amines) is 1. The van der Waals surface area contributed by atoms with Crippen LogP contribution in [0.4, 0.5) is 13.2 Å². The van der Waals surface area contributed by atoms with E-state index in [1.165, 1.54) is 26.0 Å². The third-order valence-corrected chi connectivity index (χ3v) is 7.17. The summed E-state index contributed by atoms with van der Waals surface area (Å²) in [5.74, 6) is -6.74. The van der Waals surface area contributed by atoms with E-state index in [9.17, 15) is 42.3 Å². The van der Waals surface area contributed by atoms with Crippen molar-refractivity contribution < 1.29 is 51.7 Å². The van der Waals surface area contributed by atoms with Gasteiger partial charge < -0.3 is 20.3 Å². The van der Waals surface area contributed by atoms with Crippen LogP contribution in [0.25, 0.3) is 0 Å². The lowest BCUT2D eigenvalue weighted by Gasteiger charge is -2.46. The van der Waals surface area contributed by atoms with Crippen molar-refractivity contribution in [1.29, 1.82) is 0 Å². The normalized spacial score (nSPS) is 26.7. The number of rotatable bonds is 10. The molecule has 0 amide bonds. The fourth-order valence-electron chi connectivity index (χ4n) is 5.78. The molecule has 38 heavy (non-hydrogen) atoms. The van der Waals surface area contributed by atoms with Gasteiger partial charge in [0.05, 0.1) is 12.6 Å². The summed E-state index contributed by atoms with van der Waals surface area (Å²) < 4.78 is 50.0. The van der Waals surface area contributed by atoms with E-state index in [-0.39, 0.29) is 31.4 Å². The van der Waals surface area contributed by atoms with Gasteiger partial charge in [0.25, 0.3) is 0 Å². The molecule has 1 aliphatic carbocycles. The second kappa shape index (κ2) is 10.8. The first-order chi connectivity index (χ1) is 17.7. The van der Waals surface area contributed by atoms with Crippen LogP contribution in [0.15, 0.2) is 30.3 Å². The van der Waals surface area contributed by atoms with E-state index in [1.807, 2.05) is 0 Å². The number of carbonyl (C=O) groups is 5. The number of nitrogens with zero attached hydrogens (tertiary/aromatic N) is 1. The second-order valence-electron chi connectivity index (χ2n) is 9.47. The largest absolute Gasteiger partial charge is 0.490 e. The molecule has 1 aromatic rings. The molecule has 3 N–H and O–H groups in total. The Hall–Kier alpha value is -3.32. The van der Waals surface area contributed by atoms with Crippen molar-refractivity contribution >= 4 is 29.5 Å². The molecule has 208 valence electrons. The highest BCUT2D eigenvalue weighted by Gasteiger charge is 2.75. The predicted octanol–water partition coefficient (Wildman–Crippen LogP) is 2.03. The molecule has 1 unspecified atom stereocenters. The Kier molecular flexibility index (Phi) is 8.32. The molecular weight excluding hydrogens is 513 g/mol. The first-order valence-corrected chi connectivity index (χ1v) is 12.1. The SMILES string of the molecule is CCOC(=O)[C@H](CC(=O)c1ccccc1)N1[C@@H](C(=O)O)C[C@]2(OC(=O)C(F)(F)F)CCC[C@]12C(=O)C(C)N. The number of ether oxygens (including phenoxy) is 2. The number of benzene rings is 1. The molecule has 3 rings (SSSR count). The van der Waals surface area contributed by atoms with E-state index in [2.05, 4.69) is 0 Å². The van der Waals surface area contributed by atoms with E-state index in [1.54, 1.807) is 18.2 Å².